The van der Waals surface area contributed by atoms with Crippen molar-refractivity contribution in [2.75, 3.05) is 11.1 Å². The number of nitrogen functional groups attached to an aromatic ring is 1. The molecule has 0 aliphatic heterocycles. The van der Waals surface area contributed by atoms with E-state index in [1.54, 1.807) is 6.07 Å². The average molecular weight is 327 g/mol. The van der Waals surface area contributed by atoms with Crippen LogP contribution in [-0.4, -0.2) is 15.8 Å². The van der Waals surface area contributed by atoms with E-state index in [9.17, 15) is 14.9 Å². The smallest absolute Gasteiger partial charge is 0.311 e. The Bertz CT molecular complexity index is 716. The molecule has 21 heavy (non-hydrogen) atoms. The van der Waals surface area contributed by atoms with E-state index in [4.69, 9.17) is 28.9 Å². The summed E-state index contributed by atoms with van der Waals surface area (Å²) in [7, 11) is 0. The lowest BCUT2D eigenvalue weighted by molar-refractivity contribution is -0.384. The van der Waals surface area contributed by atoms with Gasteiger partial charge in [-0.3, -0.25) is 14.9 Å². The van der Waals surface area contributed by atoms with Crippen LogP contribution in [0.5, 0.6) is 0 Å². The third kappa shape index (κ3) is 3.21. The summed E-state index contributed by atoms with van der Waals surface area (Å²) in [5, 5.41) is 13.4. The van der Waals surface area contributed by atoms with Crippen LogP contribution in [0, 0.1) is 10.1 Å². The Kier molecular flexibility index (Phi) is 4.25. The minimum atomic E-state index is -0.716. The van der Waals surface area contributed by atoms with Crippen LogP contribution in [0.2, 0.25) is 10.0 Å². The van der Waals surface area contributed by atoms with Crippen molar-refractivity contribution in [2.45, 2.75) is 0 Å². The summed E-state index contributed by atoms with van der Waals surface area (Å²) in [5.41, 5.74) is 5.08. The van der Waals surface area contributed by atoms with Crippen LogP contribution in [0.15, 0.2) is 30.3 Å². The minimum Gasteiger partial charge on any atom is -0.384 e. The second-order valence-electron chi connectivity index (χ2n) is 3.91. The molecule has 2 rings (SSSR count). The van der Waals surface area contributed by atoms with Crippen LogP contribution in [0.1, 0.15) is 10.4 Å². The molecule has 7 nitrogen and oxygen atoms in total. The summed E-state index contributed by atoms with van der Waals surface area (Å²) < 4.78 is 0. The number of carbonyl (C=O) groups excluding carboxylic acids is 1. The van der Waals surface area contributed by atoms with Crippen molar-refractivity contribution >= 4 is 46.4 Å². The quantitative estimate of drug-likeness (QED) is 0.664. The van der Waals surface area contributed by atoms with E-state index in [0.29, 0.717) is 0 Å². The number of anilines is 2. The summed E-state index contributed by atoms with van der Waals surface area (Å²) in [6.07, 6.45) is 0. The highest BCUT2D eigenvalue weighted by Crippen LogP contribution is 2.27. The number of carbonyl (C=O) groups is 1. The lowest BCUT2D eigenvalue weighted by Crippen LogP contribution is -2.16. The molecule has 0 saturated carbocycles. The van der Waals surface area contributed by atoms with Crippen LogP contribution in [-0.2, 0) is 0 Å². The number of rotatable bonds is 3. The number of nitrogens with one attached hydrogen (secondary N) is 1. The first-order valence-electron chi connectivity index (χ1n) is 5.56. The highest BCUT2D eigenvalue weighted by Gasteiger charge is 2.21. The zero-order valence-corrected chi connectivity index (χ0v) is 11.9. The van der Waals surface area contributed by atoms with Gasteiger partial charge in [0.25, 0.3) is 5.91 Å². The summed E-state index contributed by atoms with van der Waals surface area (Å²) in [5.74, 6) is -0.964. The van der Waals surface area contributed by atoms with Gasteiger partial charge in [-0.15, -0.1) is 0 Å². The van der Waals surface area contributed by atoms with Crippen molar-refractivity contribution in [3.8, 4) is 0 Å². The normalized spacial score (nSPS) is 10.2. The number of hydrogen-bond donors (Lipinski definition) is 2. The molecule has 1 aromatic carbocycles. The van der Waals surface area contributed by atoms with Gasteiger partial charge in [0.1, 0.15) is 5.82 Å². The Morgan fingerprint density at radius 1 is 1.24 bits per heavy atom. The van der Waals surface area contributed by atoms with Crippen LogP contribution in [0.3, 0.4) is 0 Å². The number of nitrogens with zero attached hydrogens (tertiary/aromatic N) is 2. The number of nitro groups is 1. The van der Waals surface area contributed by atoms with Gasteiger partial charge in [-0.1, -0.05) is 29.3 Å². The fourth-order valence-electron chi connectivity index (χ4n) is 1.59. The van der Waals surface area contributed by atoms with Crippen molar-refractivity contribution < 1.29 is 9.72 Å². The maximum Gasteiger partial charge on any atom is 0.311 e. The van der Waals surface area contributed by atoms with Gasteiger partial charge >= 0.3 is 5.69 Å². The predicted molar refractivity (Wildman–Crippen MR) is 79.7 cm³/mol. The van der Waals surface area contributed by atoms with Crippen molar-refractivity contribution in [3.63, 3.8) is 0 Å². The monoisotopic (exact) mass is 326 g/mol. The van der Waals surface area contributed by atoms with Gasteiger partial charge in [-0.05, 0) is 18.2 Å². The number of benzene rings is 1. The number of amides is 1. The van der Waals surface area contributed by atoms with Crippen molar-refractivity contribution in [2.24, 2.45) is 0 Å². The van der Waals surface area contributed by atoms with Gasteiger partial charge in [0.05, 0.1) is 20.5 Å². The van der Waals surface area contributed by atoms with Gasteiger partial charge in [0.15, 0.2) is 0 Å². The van der Waals surface area contributed by atoms with E-state index in [1.807, 2.05) is 0 Å². The molecular formula is C12H8Cl2N4O3. The van der Waals surface area contributed by atoms with E-state index in [-0.39, 0.29) is 32.9 Å². The molecule has 0 spiro atoms. The van der Waals surface area contributed by atoms with E-state index in [0.717, 1.165) is 6.07 Å². The molecule has 0 aliphatic carbocycles. The maximum atomic E-state index is 12.2. The van der Waals surface area contributed by atoms with Gasteiger partial charge < -0.3 is 11.1 Å². The first-order chi connectivity index (χ1) is 9.90. The standard InChI is InChI=1S/C12H8Cl2N4O3/c13-6-2-1-3-7(14)10(6)12(19)17-11-8(18(20)21)4-5-9(15)16-11/h1-5H,(H3,15,16,17,19). The molecule has 0 atom stereocenters. The van der Waals surface area contributed by atoms with Crippen LogP contribution in [0.4, 0.5) is 17.3 Å². The molecular weight excluding hydrogens is 319 g/mol. The summed E-state index contributed by atoms with van der Waals surface area (Å²) in [6.45, 7) is 0. The minimum absolute atomic E-state index is 0.000596. The summed E-state index contributed by atoms with van der Waals surface area (Å²) in [6, 6.07) is 6.93. The van der Waals surface area contributed by atoms with E-state index >= 15 is 0 Å². The highest BCUT2D eigenvalue weighted by atomic mass is 35.5. The Morgan fingerprint density at radius 2 is 1.86 bits per heavy atom. The molecule has 9 heteroatoms. The van der Waals surface area contributed by atoms with Gasteiger partial charge in [-0.25, -0.2) is 4.98 Å². The van der Waals surface area contributed by atoms with Crippen LogP contribution in [0.25, 0.3) is 0 Å². The molecule has 0 bridgehead atoms. The molecule has 0 radical (unpaired) electrons. The highest BCUT2D eigenvalue weighted by molar-refractivity contribution is 6.40. The number of halogens is 2. The Labute approximate surface area is 128 Å². The van der Waals surface area contributed by atoms with Crippen molar-refractivity contribution in [3.05, 3.63) is 56.1 Å². The molecule has 1 amide bonds. The van der Waals surface area contributed by atoms with Crippen LogP contribution < -0.4 is 11.1 Å². The number of aromatic nitrogens is 1. The second kappa shape index (κ2) is 5.94. The van der Waals surface area contributed by atoms with Crippen molar-refractivity contribution in [1.29, 1.82) is 0 Å². The van der Waals surface area contributed by atoms with Gasteiger partial charge in [0.2, 0.25) is 5.82 Å². The fraction of sp³-hybridized carbons (Fsp3) is 0. The van der Waals surface area contributed by atoms with Gasteiger partial charge in [0, 0.05) is 6.07 Å². The maximum absolute atomic E-state index is 12.2. The molecule has 0 unspecified atom stereocenters. The first-order valence-corrected chi connectivity index (χ1v) is 6.32. The Hall–Kier alpha value is -2.38. The third-order valence-electron chi connectivity index (χ3n) is 2.51. The second-order valence-corrected chi connectivity index (χ2v) is 4.73. The van der Waals surface area contributed by atoms with Crippen LogP contribution >= 0.6 is 23.2 Å². The summed E-state index contributed by atoms with van der Waals surface area (Å²) >= 11 is 11.8. The molecule has 3 N–H and O–H groups in total. The Balaban J connectivity index is 2.40. The largest absolute Gasteiger partial charge is 0.384 e. The van der Waals surface area contributed by atoms with Crippen molar-refractivity contribution in [1.82, 2.24) is 4.98 Å². The van der Waals surface area contributed by atoms with E-state index in [2.05, 4.69) is 10.3 Å². The zero-order chi connectivity index (χ0) is 15.6. The molecule has 0 aliphatic rings. The zero-order valence-electron chi connectivity index (χ0n) is 10.3. The molecule has 108 valence electrons. The molecule has 0 fully saturated rings. The van der Waals surface area contributed by atoms with E-state index < -0.39 is 10.8 Å². The predicted octanol–water partition coefficient (Wildman–Crippen LogP) is 3.13. The summed E-state index contributed by atoms with van der Waals surface area (Å²) in [4.78, 5) is 26.1. The first kappa shape index (κ1) is 15.0. The molecule has 1 heterocycles. The average Bonchev–Trinajstić information content (AvgIpc) is 2.38. The van der Waals surface area contributed by atoms with Gasteiger partial charge in [-0.2, -0.15) is 0 Å². The fourth-order valence-corrected chi connectivity index (χ4v) is 2.16. The number of nitrogens with two attached hydrogens (primary N) is 1. The Morgan fingerprint density at radius 3 is 2.43 bits per heavy atom. The lowest BCUT2D eigenvalue weighted by atomic mass is 10.2. The SMILES string of the molecule is Nc1ccc([N+](=O)[O-])c(NC(=O)c2c(Cl)cccc2Cl)n1. The molecule has 1 aromatic heterocycles. The molecule has 0 saturated heterocycles. The lowest BCUT2D eigenvalue weighted by Gasteiger charge is -2.08. The van der Waals surface area contributed by atoms with E-state index in [1.165, 1.54) is 18.2 Å². The molecule has 2 aromatic rings. The number of hydrogen-bond acceptors (Lipinski definition) is 5. The third-order valence-corrected chi connectivity index (χ3v) is 3.14. The topological polar surface area (TPSA) is 111 Å². The number of pyridine rings is 1.